The third-order valence-corrected chi connectivity index (χ3v) is 3.62. The molecule has 1 aliphatic heterocycles. The average Bonchev–Trinajstić information content (AvgIpc) is 2.76. The number of benzene rings is 1. The van der Waals surface area contributed by atoms with E-state index in [1.807, 2.05) is 19.9 Å². The summed E-state index contributed by atoms with van der Waals surface area (Å²) in [6.07, 6.45) is -0.761. The van der Waals surface area contributed by atoms with E-state index in [2.05, 4.69) is 0 Å². The van der Waals surface area contributed by atoms with E-state index in [4.69, 9.17) is 14.2 Å². The van der Waals surface area contributed by atoms with Crippen LogP contribution in [0.2, 0.25) is 0 Å². The monoisotopic (exact) mass is 292 g/mol. The van der Waals surface area contributed by atoms with Crippen molar-refractivity contribution in [3.05, 3.63) is 35.9 Å². The molecule has 1 saturated heterocycles. The van der Waals surface area contributed by atoms with Crippen molar-refractivity contribution in [2.45, 2.75) is 45.7 Å². The zero-order valence-corrected chi connectivity index (χ0v) is 12.4. The van der Waals surface area contributed by atoms with Gasteiger partial charge in [-0.25, -0.2) is 4.79 Å². The van der Waals surface area contributed by atoms with Gasteiger partial charge < -0.3 is 14.2 Å². The van der Waals surface area contributed by atoms with Gasteiger partial charge in [-0.2, -0.15) is 0 Å². The molecule has 1 aliphatic rings. The summed E-state index contributed by atoms with van der Waals surface area (Å²) < 4.78 is 16.3. The molecule has 1 aromatic rings. The maximum atomic E-state index is 12.2. The molecule has 21 heavy (non-hydrogen) atoms. The first-order valence-corrected chi connectivity index (χ1v) is 7.11. The number of ether oxygens (including phenoxy) is 3. The maximum Gasteiger partial charge on any atom is 0.338 e. The van der Waals surface area contributed by atoms with Gasteiger partial charge in [0.1, 0.15) is 0 Å². The summed E-state index contributed by atoms with van der Waals surface area (Å²) in [5.41, 5.74) is 0.464. The van der Waals surface area contributed by atoms with E-state index in [9.17, 15) is 9.59 Å². The molecule has 0 aromatic heterocycles. The fourth-order valence-corrected chi connectivity index (χ4v) is 2.49. The minimum absolute atomic E-state index is 0.0352. The van der Waals surface area contributed by atoms with E-state index in [1.54, 1.807) is 24.3 Å². The molecule has 4 unspecified atom stereocenters. The summed E-state index contributed by atoms with van der Waals surface area (Å²) in [5, 5.41) is 0. The molecule has 4 atom stereocenters. The molecule has 0 radical (unpaired) electrons. The number of hydrogen-bond donors (Lipinski definition) is 0. The normalized spacial score (nSPS) is 28.1. The third-order valence-electron chi connectivity index (χ3n) is 3.62. The number of hydrogen-bond acceptors (Lipinski definition) is 5. The van der Waals surface area contributed by atoms with Gasteiger partial charge in [-0.05, 0) is 18.6 Å². The summed E-state index contributed by atoms with van der Waals surface area (Å²) in [5.74, 6) is -0.929. The van der Waals surface area contributed by atoms with E-state index in [0.717, 1.165) is 6.42 Å². The number of carbonyl (C=O) groups is 2. The first-order chi connectivity index (χ1) is 10.0. The van der Waals surface area contributed by atoms with Crippen molar-refractivity contribution in [1.82, 2.24) is 0 Å². The minimum atomic E-state index is -0.838. The molecule has 1 fully saturated rings. The fraction of sp³-hybridized carbons (Fsp3) is 0.500. The van der Waals surface area contributed by atoms with Crippen molar-refractivity contribution < 1.29 is 23.8 Å². The second-order valence-corrected chi connectivity index (χ2v) is 5.16. The van der Waals surface area contributed by atoms with E-state index < -0.39 is 24.3 Å². The van der Waals surface area contributed by atoms with Crippen LogP contribution in [-0.2, 0) is 19.0 Å². The first kappa shape index (κ1) is 15.5. The van der Waals surface area contributed by atoms with Crippen molar-refractivity contribution in [1.29, 1.82) is 0 Å². The molecular formula is C16H20O5. The van der Waals surface area contributed by atoms with Crippen LogP contribution in [0.3, 0.4) is 0 Å². The average molecular weight is 292 g/mol. The van der Waals surface area contributed by atoms with Crippen LogP contribution in [0.1, 0.15) is 37.6 Å². The van der Waals surface area contributed by atoms with Crippen LogP contribution in [0.15, 0.2) is 30.3 Å². The molecule has 1 heterocycles. The summed E-state index contributed by atoms with van der Waals surface area (Å²) in [6.45, 7) is 5.22. The third kappa shape index (κ3) is 3.61. The summed E-state index contributed by atoms with van der Waals surface area (Å²) >= 11 is 0. The molecule has 0 spiro atoms. The van der Waals surface area contributed by atoms with Gasteiger partial charge in [0.25, 0.3) is 0 Å². The Morgan fingerprint density at radius 3 is 2.43 bits per heavy atom. The van der Waals surface area contributed by atoms with Crippen LogP contribution < -0.4 is 0 Å². The van der Waals surface area contributed by atoms with Crippen LogP contribution >= 0.6 is 0 Å². The Balaban J connectivity index is 2.11. The second-order valence-electron chi connectivity index (χ2n) is 5.16. The molecule has 5 nitrogen and oxygen atoms in total. The van der Waals surface area contributed by atoms with Gasteiger partial charge in [0.15, 0.2) is 6.10 Å². The predicted molar refractivity (Wildman–Crippen MR) is 75.5 cm³/mol. The lowest BCUT2D eigenvalue weighted by atomic mass is 9.99. The Hall–Kier alpha value is -1.88. The van der Waals surface area contributed by atoms with Crippen LogP contribution in [-0.4, -0.2) is 30.4 Å². The van der Waals surface area contributed by atoms with Gasteiger partial charge in [-0.1, -0.05) is 32.0 Å². The van der Waals surface area contributed by atoms with Gasteiger partial charge in [-0.15, -0.1) is 0 Å². The number of rotatable bonds is 4. The zero-order chi connectivity index (χ0) is 15.4. The number of carbonyl (C=O) groups excluding carboxylic acids is 2. The van der Waals surface area contributed by atoms with E-state index in [-0.39, 0.29) is 12.0 Å². The molecule has 0 N–H and O–H groups in total. The zero-order valence-electron chi connectivity index (χ0n) is 12.4. The van der Waals surface area contributed by atoms with Gasteiger partial charge in [-0.3, -0.25) is 4.79 Å². The van der Waals surface area contributed by atoms with Crippen molar-refractivity contribution in [2.24, 2.45) is 5.92 Å². The van der Waals surface area contributed by atoms with Crippen molar-refractivity contribution >= 4 is 11.9 Å². The molecule has 114 valence electrons. The van der Waals surface area contributed by atoms with E-state index in [1.165, 1.54) is 6.92 Å². The highest BCUT2D eigenvalue weighted by Gasteiger charge is 2.45. The molecule has 0 bridgehead atoms. The van der Waals surface area contributed by atoms with Crippen molar-refractivity contribution in [3.8, 4) is 0 Å². The largest absolute Gasteiger partial charge is 0.452 e. The van der Waals surface area contributed by atoms with Gasteiger partial charge in [0, 0.05) is 12.8 Å². The van der Waals surface area contributed by atoms with Crippen LogP contribution in [0.4, 0.5) is 0 Å². The molecule has 0 amide bonds. The Morgan fingerprint density at radius 2 is 1.86 bits per heavy atom. The Morgan fingerprint density at radius 1 is 1.19 bits per heavy atom. The smallest absolute Gasteiger partial charge is 0.338 e. The highest BCUT2D eigenvalue weighted by molar-refractivity contribution is 5.89. The first-order valence-electron chi connectivity index (χ1n) is 7.11. The second kappa shape index (κ2) is 6.72. The lowest BCUT2D eigenvalue weighted by molar-refractivity contribution is -0.186. The molecule has 0 saturated carbocycles. The van der Waals surface area contributed by atoms with E-state index >= 15 is 0 Å². The number of esters is 2. The molecule has 0 aliphatic carbocycles. The van der Waals surface area contributed by atoms with Crippen LogP contribution in [0.25, 0.3) is 0 Å². The minimum Gasteiger partial charge on any atom is -0.452 e. The predicted octanol–water partition coefficient (Wildman–Crippen LogP) is 2.55. The quantitative estimate of drug-likeness (QED) is 0.798. The van der Waals surface area contributed by atoms with Crippen molar-refractivity contribution in [2.75, 3.05) is 0 Å². The van der Waals surface area contributed by atoms with E-state index in [0.29, 0.717) is 5.56 Å². The van der Waals surface area contributed by atoms with Gasteiger partial charge in [0.2, 0.25) is 6.29 Å². The summed E-state index contributed by atoms with van der Waals surface area (Å²) in [6, 6.07) is 8.72. The van der Waals surface area contributed by atoms with Gasteiger partial charge in [0.05, 0.1) is 11.7 Å². The topological polar surface area (TPSA) is 61.8 Å². The molecule has 5 heteroatoms. The van der Waals surface area contributed by atoms with Crippen LogP contribution in [0.5, 0.6) is 0 Å². The van der Waals surface area contributed by atoms with Gasteiger partial charge >= 0.3 is 11.9 Å². The molecular weight excluding hydrogens is 272 g/mol. The lowest BCUT2D eigenvalue weighted by Crippen LogP contribution is -2.34. The molecule has 1 aromatic carbocycles. The SMILES string of the molecule is CCC1OC(OC(C)=O)C(OC(=O)c2ccccc2)C1C. The highest BCUT2D eigenvalue weighted by atomic mass is 16.7. The standard InChI is InChI=1S/C16H20O5/c1-4-13-10(2)14(16(20-13)19-11(3)17)21-15(18)12-8-6-5-7-9-12/h5-10,13-14,16H,4H2,1-3H3. The summed E-state index contributed by atoms with van der Waals surface area (Å²) in [4.78, 5) is 23.3. The Bertz CT molecular complexity index is 499. The summed E-state index contributed by atoms with van der Waals surface area (Å²) in [7, 11) is 0. The Kier molecular flexibility index (Phi) is 4.96. The molecule has 2 rings (SSSR count). The lowest BCUT2D eigenvalue weighted by Gasteiger charge is -2.21. The van der Waals surface area contributed by atoms with Crippen molar-refractivity contribution in [3.63, 3.8) is 0 Å². The highest BCUT2D eigenvalue weighted by Crippen LogP contribution is 2.32. The maximum absolute atomic E-state index is 12.2. The fourth-order valence-electron chi connectivity index (χ4n) is 2.49. The van der Waals surface area contributed by atoms with Crippen LogP contribution in [0, 0.1) is 5.92 Å². The Labute approximate surface area is 124 Å².